The van der Waals surface area contributed by atoms with Gasteiger partial charge in [-0.15, -0.1) is 0 Å². The molecule has 1 aromatic heterocycles. The summed E-state index contributed by atoms with van der Waals surface area (Å²) in [5, 5.41) is 6.30. The molecule has 0 bridgehead atoms. The minimum Gasteiger partial charge on any atom is -0.454 e. The van der Waals surface area contributed by atoms with E-state index in [0.29, 0.717) is 17.4 Å². The number of carbonyl (C=O) groups is 3. The van der Waals surface area contributed by atoms with Gasteiger partial charge in [0.2, 0.25) is 5.91 Å². The maximum absolute atomic E-state index is 13.4. The Balaban J connectivity index is 1.60. The van der Waals surface area contributed by atoms with Gasteiger partial charge in [-0.3, -0.25) is 9.59 Å². The molecule has 168 valence electrons. The molecule has 7 nitrogen and oxygen atoms in total. The van der Waals surface area contributed by atoms with E-state index < -0.39 is 18.6 Å². The molecule has 2 amide bonds. The number of ether oxygens (including phenoxy) is 1. The van der Waals surface area contributed by atoms with E-state index in [2.05, 4.69) is 29.5 Å². The van der Waals surface area contributed by atoms with Crippen LogP contribution in [0.2, 0.25) is 0 Å². The van der Waals surface area contributed by atoms with Gasteiger partial charge in [0.15, 0.2) is 6.61 Å². The number of H-pyrrole nitrogens is 1. The van der Waals surface area contributed by atoms with Crippen LogP contribution in [0, 0.1) is 17.7 Å². The number of benzene rings is 1. The maximum atomic E-state index is 13.4. The van der Waals surface area contributed by atoms with Crippen molar-refractivity contribution < 1.29 is 23.5 Å². The predicted molar refractivity (Wildman–Crippen MR) is 115 cm³/mol. The molecule has 4 unspecified atom stereocenters. The first-order valence-corrected chi connectivity index (χ1v) is 10.7. The third-order valence-electron chi connectivity index (χ3n) is 6.21. The highest BCUT2D eigenvalue weighted by atomic mass is 19.1. The maximum Gasteiger partial charge on any atom is 0.329 e. The molecule has 0 radical (unpaired) electrons. The SMILES string of the molecule is CC(=O)NC(Cc1c[nH]c2cc(F)ccc12)C(=O)OCC(=O)NC1CCCC(C)C1C. The van der Waals surface area contributed by atoms with Crippen LogP contribution in [-0.2, 0) is 25.5 Å². The summed E-state index contributed by atoms with van der Waals surface area (Å²) in [4.78, 5) is 39.5. The molecule has 8 heteroatoms. The minimum absolute atomic E-state index is 0.0766. The summed E-state index contributed by atoms with van der Waals surface area (Å²) in [6.45, 7) is 5.22. The lowest BCUT2D eigenvalue weighted by atomic mass is 9.78. The van der Waals surface area contributed by atoms with Crippen molar-refractivity contribution in [3.63, 3.8) is 0 Å². The number of fused-ring (bicyclic) bond motifs is 1. The second kappa shape index (κ2) is 9.94. The van der Waals surface area contributed by atoms with Crippen LogP contribution in [0.25, 0.3) is 10.9 Å². The van der Waals surface area contributed by atoms with Crippen molar-refractivity contribution in [1.82, 2.24) is 15.6 Å². The zero-order valence-electron chi connectivity index (χ0n) is 18.2. The molecule has 1 saturated carbocycles. The molecule has 4 atom stereocenters. The van der Waals surface area contributed by atoms with Gasteiger partial charge in [0, 0.05) is 36.5 Å². The van der Waals surface area contributed by atoms with E-state index in [9.17, 15) is 18.8 Å². The second-order valence-electron chi connectivity index (χ2n) is 8.51. The van der Waals surface area contributed by atoms with E-state index in [1.54, 1.807) is 12.3 Å². The smallest absolute Gasteiger partial charge is 0.329 e. The van der Waals surface area contributed by atoms with Crippen molar-refractivity contribution in [1.29, 1.82) is 0 Å². The van der Waals surface area contributed by atoms with Crippen LogP contribution < -0.4 is 10.6 Å². The number of hydrogen-bond acceptors (Lipinski definition) is 4. The molecule has 0 spiro atoms. The van der Waals surface area contributed by atoms with Crippen LogP contribution in [-0.4, -0.2) is 41.5 Å². The van der Waals surface area contributed by atoms with Gasteiger partial charge in [-0.05, 0) is 42.0 Å². The first-order valence-electron chi connectivity index (χ1n) is 10.7. The molecular formula is C23H30FN3O4. The Kier molecular flexibility index (Phi) is 7.30. The monoisotopic (exact) mass is 431 g/mol. The Bertz CT molecular complexity index is 957. The summed E-state index contributed by atoms with van der Waals surface area (Å²) in [5.74, 6) is -0.883. The van der Waals surface area contributed by atoms with Gasteiger partial charge in [-0.1, -0.05) is 26.7 Å². The third kappa shape index (κ3) is 5.83. The zero-order valence-corrected chi connectivity index (χ0v) is 18.2. The summed E-state index contributed by atoms with van der Waals surface area (Å²) >= 11 is 0. The standard InChI is InChI=1S/C23H30FN3O4/c1-13-5-4-6-19(14(13)2)27-22(29)12-31-23(30)21(26-15(3)28)9-16-11-25-20-10-17(24)7-8-18(16)20/h7-8,10-11,13-14,19,21,25H,4-6,9,12H2,1-3H3,(H,26,28)(H,27,29). The summed E-state index contributed by atoms with van der Waals surface area (Å²) < 4.78 is 18.6. The molecule has 1 aliphatic rings. The highest BCUT2D eigenvalue weighted by Crippen LogP contribution is 2.29. The normalized spacial score (nSPS) is 22.0. The molecule has 0 aliphatic heterocycles. The molecule has 2 aromatic rings. The molecular weight excluding hydrogens is 401 g/mol. The third-order valence-corrected chi connectivity index (χ3v) is 6.21. The Labute approximate surface area is 181 Å². The van der Waals surface area contributed by atoms with Crippen molar-refractivity contribution in [2.75, 3.05) is 6.61 Å². The molecule has 1 heterocycles. The van der Waals surface area contributed by atoms with Gasteiger partial charge in [0.05, 0.1) is 0 Å². The van der Waals surface area contributed by atoms with Gasteiger partial charge in [0.1, 0.15) is 11.9 Å². The quantitative estimate of drug-likeness (QED) is 0.587. The minimum atomic E-state index is -0.956. The highest BCUT2D eigenvalue weighted by molar-refractivity contribution is 5.88. The largest absolute Gasteiger partial charge is 0.454 e. The van der Waals surface area contributed by atoms with Crippen LogP contribution in [0.15, 0.2) is 24.4 Å². The molecule has 3 N–H and O–H groups in total. The van der Waals surface area contributed by atoms with Crippen molar-refractivity contribution in [3.05, 3.63) is 35.8 Å². The average Bonchev–Trinajstić information content (AvgIpc) is 3.10. The van der Waals surface area contributed by atoms with E-state index in [0.717, 1.165) is 30.2 Å². The van der Waals surface area contributed by atoms with Gasteiger partial charge in [0.25, 0.3) is 5.91 Å². The Hall–Kier alpha value is -2.90. The van der Waals surface area contributed by atoms with Gasteiger partial charge in [-0.25, -0.2) is 9.18 Å². The van der Waals surface area contributed by atoms with Crippen LogP contribution in [0.4, 0.5) is 4.39 Å². The number of carbonyl (C=O) groups excluding carboxylic acids is 3. The first-order chi connectivity index (χ1) is 14.7. The summed E-state index contributed by atoms with van der Waals surface area (Å²) in [6.07, 6.45) is 4.96. The van der Waals surface area contributed by atoms with Crippen molar-refractivity contribution >= 4 is 28.7 Å². The van der Waals surface area contributed by atoms with Gasteiger partial charge < -0.3 is 20.4 Å². The number of halogens is 1. The summed E-state index contributed by atoms with van der Waals surface area (Å²) in [5.41, 5.74) is 1.33. The number of hydrogen-bond donors (Lipinski definition) is 3. The lowest BCUT2D eigenvalue weighted by molar-refractivity contribution is -0.151. The van der Waals surface area contributed by atoms with E-state index in [-0.39, 0.29) is 30.1 Å². The van der Waals surface area contributed by atoms with Crippen molar-refractivity contribution in [3.8, 4) is 0 Å². The van der Waals surface area contributed by atoms with E-state index in [1.807, 2.05) is 0 Å². The first kappa shape index (κ1) is 22.8. The number of rotatable bonds is 7. The fraction of sp³-hybridized carbons (Fsp3) is 0.522. The van der Waals surface area contributed by atoms with E-state index in [4.69, 9.17) is 4.74 Å². The Morgan fingerprint density at radius 1 is 1.26 bits per heavy atom. The van der Waals surface area contributed by atoms with E-state index in [1.165, 1.54) is 19.1 Å². The number of esters is 1. The second-order valence-corrected chi connectivity index (χ2v) is 8.51. The zero-order chi connectivity index (χ0) is 22.5. The molecule has 1 fully saturated rings. The summed E-state index contributed by atoms with van der Waals surface area (Å²) in [6, 6.07) is 3.44. The molecule has 1 aromatic carbocycles. The highest BCUT2D eigenvalue weighted by Gasteiger charge is 2.29. The molecule has 0 saturated heterocycles. The van der Waals surface area contributed by atoms with Crippen LogP contribution in [0.1, 0.15) is 45.6 Å². The molecule has 3 rings (SSSR count). The lowest BCUT2D eigenvalue weighted by Crippen LogP contribution is -2.46. The lowest BCUT2D eigenvalue weighted by Gasteiger charge is -2.34. The molecule has 1 aliphatic carbocycles. The molecule has 31 heavy (non-hydrogen) atoms. The van der Waals surface area contributed by atoms with Crippen LogP contribution in [0.3, 0.4) is 0 Å². The van der Waals surface area contributed by atoms with Crippen LogP contribution >= 0.6 is 0 Å². The topological polar surface area (TPSA) is 100 Å². The number of aromatic nitrogens is 1. The van der Waals surface area contributed by atoms with Gasteiger partial charge in [-0.2, -0.15) is 0 Å². The average molecular weight is 432 g/mol. The van der Waals surface area contributed by atoms with E-state index >= 15 is 0 Å². The number of aromatic amines is 1. The Morgan fingerprint density at radius 2 is 2.03 bits per heavy atom. The predicted octanol–water partition coefficient (Wildman–Crippen LogP) is 2.84. The fourth-order valence-electron chi connectivity index (χ4n) is 4.26. The Morgan fingerprint density at radius 3 is 2.77 bits per heavy atom. The summed E-state index contributed by atoms with van der Waals surface area (Å²) in [7, 11) is 0. The van der Waals surface area contributed by atoms with Crippen molar-refractivity contribution in [2.24, 2.45) is 11.8 Å². The van der Waals surface area contributed by atoms with Crippen LogP contribution in [0.5, 0.6) is 0 Å². The van der Waals surface area contributed by atoms with Crippen molar-refractivity contribution in [2.45, 2.75) is 58.5 Å². The number of nitrogens with one attached hydrogen (secondary N) is 3. The van der Waals surface area contributed by atoms with Gasteiger partial charge >= 0.3 is 5.97 Å². The number of amides is 2. The fourth-order valence-corrected chi connectivity index (χ4v) is 4.26.